The highest BCUT2D eigenvalue weighted by molar-refractivity contribution is 5.33. The van der Waals surface area contributed by atoms with Crippen LogP contribution in [0.25, 0.3) is 0 Å². The normalized spacial score (nSPS) is 40.9. The molecular formula is C8H10. The molecule has 2 aliphatic carbocycles. The van der Waals surface area contributed by atoms with Gasteiger partial charge in [0.05, 0.1) is 0 Å². The van der Waals surface area contributed by atoms with Crippen molar-refractivity contribution < 1.29 is 0 Å². The van der Waals surface area contributed by atoms with Crippen LogP contribution in [0.5, 0.6) is 0 Å². The second-order valence-corrected chi connectivity index (χ2v) is 2.76. The monoisotopic (exact) mass is 106 g/mol. The van der Waals surface area contributed by atoms with Gasteiger partial charge in [-0.15, -0.1) is 0 Å². The fraction of sp³-hybridized carbons (Fsp3) is 0.500. The van der Waals surface area contributed by atoms with E-state index in [2.05, 4.69) is 25.2 Å². The number of fused-ring (bicyclic) bond motifs is 1. The van der Waals surface area contributed by atoms with Crippen molar-refractivity contribution in [2.75, 3.05) is 0 Å². The van der Waals surface area contributed by atoms with Crippen molar-refractivity contribution in [3.63, 3.8) is 0 Å². The lowest BCUT2D eigenvalue weighted by Gasteiger charge is -2.26. The van der Waals surface area contributed by atoms with Gasteiger partial charge in [-0.05, 0) is 12.3 Å². The average molecular weight is 106 g/mol. The Balaban J connectivity index is 2.30. The molecule has 42 valence electrons. The van der Waals surface area contributed by atoms with Crippen molar-refractivity contribution in [1.82, 2.24) is 0 Å². The number of allylic oxidation sites excluding steroid dienone is 4. The van der Waals surface area contributed by atoms with E-state index in [1.165, 1.54) is 6.42 Å². The molecule has 0 heteroatoms. The second kappa shape index (κ2) is 1.25. The van der Waals surface area contributed by atoms with Crippen LogP contribution < -0.4 is 0 Å². The zero-order valence-corrected chi connectivity index (χ0v) is 5.09. The van der Waals surface area contributed by atoms with Gasteiger partial charge in [0.15, 0.2) is 0 Å². The lowest BCUT2D eigenvalue weighted by molar-refractivity contribution is 0.519. The van der Waals surface area contributed by atoms with Gasteiger partial charge in [0.2, 0.25) is 0 Å². The minimum Gasteiger partial charge on any atom is -0.0838 e. The zero-order valence-electron chi connectivity index (χ0n) is 5.09. The van der Waals surface area contributed by atoms with Gasteiger partial charge in [-0.3, -0.25) is 0 Å². The third kappa shape index (κ3) is 0.360. The first kappa shape index (κ1) is 4.37. The summed E-state index contributed by atoms with van der Waals surface area (Å²) >= 11 is 0. The van der Waals surface area contributed by atoms with E-state index in [1.54, 1.807) is 5.57 Å². The van der Waals surface area contributed by atoms with Crippen LogP contribution in [0.2, 0.25) is 0 Å². The third-order valence-electron chi connectivity index (χ3n) is 2.17. The molecule has 2 rings (SSSR count). The Hall–Kier alpha value is -0.520. The molecule has 8 heavy (non-hydrogen) atoms. The van der Waals surface area contributed by atoms with E-state index in [-0.39, 0.29) is 0 Å². The molecule has 0 amide bonds. The Morgan fingerprint density at radius 3 is 3.00 bits per heavy atom. The van der Waals surface area contributed by atoms with E-state index in [0.29, 0.717) is 0 Å². The number of rotatable bonds is 0. The Bertz CT molecular complexity index is 163. The Morgan fingerprint density at radius 2 is 2.50 bits per heavy atom. The van der Waals surface area contributed by atoms with Crippen LogP contribution in [0.3, 0.4) is 0 Å². The van der Waals surface area contributed by atoms with E-state index in [9.17, 15) is 0 Å². The lowest BCUT2D eigenvalue weighted by atomic mass is 9.78. The Morgan fingerprint density at radius 1 is 1.62 bits per heavy atom. The lowest BCUT2D eigenvalue weighted by Crippen LogP contribution is -2.16. The summed E-state index contributed by atoms with van der Waals surface area (Å²) in [5.74, 6) is 1.68. The molecule has 0 aromatic rings. The van der Waals surface area contributed by atoms with Crippen LogP contribution in [0.1, 0.15) is 13.3 Å². The molecule has 2 unspecified atom stereocenters. The molecule has 0 aromatic carbocycles. The molecule has 0 N–H and O–H groups in total. The van der Waals surface area contributed by atoms with Crippen LogP contribution in [-0.2, 0) is 0 Å². The molecule has 0 aromatic heterocycles. The first-order valence-corrected chi connectivity index (χ1v) is 3.25. The molecule has 0 heterocycles. The first-order valence-electron chi connectivity index (χ1n) is 3.25. The quantitative estimate of drug-likeness (QED) is 0.415. The fourth-order valence-corrected chi connectivity index (χ4v) is 1.63. The minimum atomic E-state index is 0.837. The highest BCUT2D eigenvalue weighted by Crippen LogP contribution is 2.40. The topological polar surface area (TPSA) is 0 Å². The van der Waals surface area contributed by atoms with E-state index >= 15 is 0 Å². The van der Waals surface area contributed by atoms with Crippen molar-refractivity contribution in [2.24, 2.45) is 11.8 Å². The van der Waals surface area contributed by atoms with E-state index < -0.39 is 0 Å². The maximum absolute atomic E-state index is 2.38. The molecule has 0 fully saturated rings. The summed E-state index contributed by atoms with van der Waals surface area (Å²) in [4.78, 5) is 0. The van der Waals surface area contributed by atoms with Crippen LogP contribution in [0.15, 0.2) is 23.8 Å². The van der Waals surface area contributed by atoms with Crippen molar-refractivity contribution in [3.8, 4) is 0 Å². The molecule has 0 spiro atoms. The summed E-state index contributed by atoms with van der Waals surface area (Å²) in [6.07, 6.45) is 8.22. The summed E-state index contributed by atoms with van der Waals surface area (Å²) in [5, 5.41) is 0. The highest BCUT2D eigenvalue weighted by Gasteiger charge is 2.28. The first-order chi connectivity index (χ1) is 3.88. The fourth-order valence-electron chi connectivity index (χ4n) is 1.63. The zero-order chi connectivity index (χ0) is 5.56. The van der Waals surface area contributed by atoms with Gasteiger partial charge in [0.1, 0.15) is 0 Å². The molecule has 0 bridgehead atoms. The maximum Gasteiger partial charge on any atom is 0.00403 e. The van der Waals surface area contributed by atoms with Crippen molar-refractivity contribution in [1.29, 1.82) is 0 Å². The highest BCUT2D eigenvalue weighted by atomic mass is 14.3. The van der Waals surface area contributed by atoms with Gasteiger partial charge in [0, 0.05) is 5.92 Å². The molecule has 0 saturated carbocycles. The summed E-state index contributed by atoms with van der Waals surface area (Å²) in [7, 11) is 0. The standard InChI is InChI=1S/C8H10/c1-6-5-7-3-2-4-8(6)7/h2,4-6,8H,3H2,1H3. The van der Waals surface area contributed by atoms with Crippen molar-refractivity contribution in [3.05, 3.63) is 23.8 Å². The molecule has 0 aliphatic heterocycles. The summed E-state index contributed by atoms with van der Waals surface area (Å²) in [6, 6.07) is 0. The van der Waals surface area contributed by atoms with Crippen LogP contribution in [0, 0.1) is 11.8 Å². The van der Waals surface area contributed by atoms with Gasteiger partial charge in [-0.2, -0.15) is 0 Å². The predicted molar refractivity (Wildman–Crippen MR) is 34.5 cm³/mol. The van der Waals surface area contributed by atoms with Crippen LogP contribution >= 0.6 is 0 Å². The third-order valence-corrected chi connectivity index (χ3v) is 2.17. The van der Waals surface area contributed by atoms with Gasteiger partial charge in [-0.1, -0.05) is 30.7 Å². The second-order valence-electron chi connectivity index (χ2n) is 2.76. The smallest absolute Gasteiger partial charge is 0.00403 e. The molecule has 0 nitrogen and oxygen atoms in total. The SMILES string of the molecule is CC1C=C2CC=CC21. The van der Waals surface area contributed by atoms with Gasteiger partial charge in [-0.25, -0.2) is 0 Å². The molecule has 0 radical (unpaired) electrons. The largest absolute Gasteiger partial charge is 0.0838 e. The van der Waals surface area contributed by atoms with E-state index in [1.807, 2.05) is 0 Å². The van der Waals surface area contributed by atoms with Gasteiger partial charge in [0.25, 0.3) is 0 Å². The summed E-state index contributed by atoms with van der Waals surface area (Å²) < 4.78 is 0. The predicted octanol–water partition coefficient (Wildman–Crippen LogP) is 2.14. The number of hydrogen-bond donors (Lipinski definition) is 0. The number of hydrogen-bond acceptors (Lipinski definition) is 0. The van der Waals surface area contributed by atoms with Crippen LogP contribution in [-0.4, -0.2) is 0 Å². The minimum absolute atomic E-state index is 0.837. The molecule has 2 atom stereocenters. The van der Waals surface area contributed by atoms with Gasteiger partial charge < -0.3 is 0 Å². The van der Waals surface area contributed by atoms with Crippen molar-refractivity contribution >= 4 is 0 Å². The Kier molecular flexibility index (Phi) is 0.682. The van der Waals surface area contributed by atoms with E-state index in [0.717, 1.165) is 11.8 Å². The average Bonchev–Trinajstić information content (AvgIpc) is 2.09. The molecular weight excluding hydrogens is 96.1 g/mol. The summed E-state index contributed by atoms with van der Waals surface area (Å²) in [6.45, 7) is 2.28. The maximum atomic E-state index is 2.38. The summed E-state index contributed by atoms with van der Waals surface area (Å²) in [5.41, 5.74) is 1.65. The van der Waals surface area contributed by atoms with Crippen LogP contribution in [0.4, 0.5) is 0 Å². The Labute approximate surface area is 49.9 Å². The molecule has 2 aliphatic rings. The van der Waals surface area contributed by atoms with E-state index in [4.69, 9.17) is 0 Å². The van der Waals surface area contributed by atoms with Gasteiger partial charge >= 0.3 is 0 Å². The molecule has 0 saturated heterocycles. The van der Waals surface area contributed by atoms with Crippen molar-refractivity contribution in [2.45, 2.75) is 13.3 Å².